The van der Waals surface area contributed by atoms with Crippen LogP contribution in [0.3, 0.4) is 0 Å². The van der Waals surface area contributed by atoms with Gasteiger partial charge in [0.2, 0.25) is 0 Å². The molecule has 8 heteroatoms. The number of halogens is 1. The number of hydrogen-bond donors (Lipinski definition) is 0. The van der Waals surface area contributed by atoms with Crippen LogP contribution < -0.4 is 9.64 Å². The summed E-state index contributed by atoms with van der Waals surface area (Å²) in [6.07, 6.45) is 2.50. The number of ether oxygens (including phenoxy) is 1. The van der Waals surface area contributed by atoms with Crippen LogP contribution in [0.5, 0.6) is 5.75 Å². The lowest BCUT2D eigenvalue weighted by molar-refractivity contribution is -0.123. The molecule has 0 fully saturated rings. The molecule has 158 valence electrons. The van der Waals surface area contributed by atoms with Gasteiger partial charge in [0.05, 0.1) is 12.2 Å². The van der Waals surface area contributed by atoms with Crippen molar-refractivity contribution >= 4 is 17.5 Å². The lowest BCUT2D eigenvalue weighted by Crippen LogP contribution is -2.54. The lowest BCUT2D eigenvalue weighted by atomic mass is 10.0. The molecule has 0 saturated carbocycles. The highest BCUT2D eigenvalue weighted by molar-refractivity contribution is 6.03. The standard InChI is InChI=1S/C23H21FN4O3/c1-26-18-8-7-17(24)11-20(18)31-14-19(22(26)29)28-10-9-16-13-27(25-21(16)23(28)30)12-15-5-3-2-4-6-15/h2-8,11,13,19H,9-10,12,14H2,1H3/t19-/m0/s1. The zero-order chi connectivity index (χ0) is 21.5. The van der Waals surface area contributed by atoms with Gasteiger partial charge in [-0.15, -0.1) is 0 Å². The molecule has 2 aliphatic rings. The Morgan fingerprint density at radius 1 is 1.16 bits per heavy atom. The van der Waals surface area contributed by atoms with Crippen LogP contribution in [-0.4, -0.2) is 52.7 Å². The van der Waals surface area contributed by atoms with Gasteiger partial charge in [-0.3, -0.25) is 14.3 Å². The van der Waals surface area contributed by atoms with Crippen LogP contribution in [0.15, 0.2) is 54.7 Å². The van der Waals surface area contributed by atoms with Crippen molar-refractivity contribution in [2.24, 2.45) is 0 Å². The van der Waals surface area contributed by atoms with Gasteiger partial charge in [-0.25, -0.2) is 4.39 Å². The minimum Gasteiger partial charge on any atom is -0.489 e. The second-order valence-corrected chi connectivity index (χ2v) is 7.77. The molecule has 0 spiro atoms. The van der Waals surface area contributed by atoms with Gasteiger partial charge < -0.3 is 14.5 Å². The number of benzene rings is 2. The van der Waals surface area contributed by atoms with Gasteiger partial charge in [0.1, 0.15) is 24.2 Å². The smallest absolute Gasteiger partial charge is 0.275 e. The summed E-state index contributed by atoms with van der Waals surface area (Å²) in [4.78, 5) is 29.3. The quantitative estimate of drug-likeness (QED) is 0.653. The second kappa shape index (κ2) is 7.54. The van der Waals surface area contributed by atoms with Crippen molar-refractivity contribution in [2.75, 3.05) is 25.1 Å². The molecule has 0 bridgehead atoms. The molecule has 2 aromatic carbocycles. The van der Waals surface area contributed by atoms with E-state index in [-0.39, 0.29) is 24.2 Å². The summed E-state index contributed by atoms with van der Waals surface area (Å²) >= 11 is 0. The molecule has 0 saturated heterocycles. The molecule has 3 aromatic rings. The van der Waals surface area contributed by atoms with Crippen LogP contribution in [0.25, 0.3) is 0 Å². The Balaban J connectivity index is 1.39. The van der Waals surface area contributed by atoms with E-state index in [9.17, 15) is 14.0 Å². The van der Waals surface area contributed by atoms with E-state index in [4.69, 9.17) is 4.74 Å². The van der Waals surface area contributed by atoms with Gasteiger partial charge in [0.15, 0.2) is 5.69 Å². The average molecular weight is 420 g/mol. The van der Waals surface area contributed by atoms with Crippen LogP contribution >= 0.6 is 0 Å². The van der Waals surface area contributed by atoms with Crippen molar-refractivity contribution in [3.8, 4) is 5.75 Å². The predicted molar refractivity (Wildman–Crippen MR) is 112 cm³/mol. The number of rotatable bonds is 3. The number of amides is 2. The van der Waals surface area contributed by atoms with Gasteiger partial charge in [-0.05, 0) is 24.1 Å². The molecule has 7 nitrogen and oxygen atoms in total. The molecule has 0 radical (unpaired) electrons. The van der Waals surface area contributed by atoms with Crippen LogP contribution in [0, 0.1) is 5.82 Å². The van der Waals surface area contributed by atoms with Gasteiger partial charge in [-0.2, -0.15) is 5.10 Å². The Labute approximate surface area is 178 Å². The molecule has 31 heavy (non-hydrogen) atoms. The van der Waals surface area contributed by atoms with E-state index in [2.05, 4.69) is 5.10 Å². The van der Waals surface area contributed by atoms with E-state index in [1.807, 2.05) is 36.5 Å². The number of likely N-dealkylation sites (N-methyl/N-ethyl adjacent to an activating group) is 1. The number of fused-ring (bicyclic) bond motifs is 2. The minimum atomic E-state index is -0.805. The highest BCUT2D eigenvalue weighted by Crippen LogP contribution is 2.33. The third-order valence-corrected chi connectivity index (χ3v) is 5.78. The first-order valence-corrected chi connectivity index (χ1v) is 10.1. The van der Waals surface area contributed by atoms with E-state index in [1.54, 1.807) is 11.7 Å². The Hall–Kier alpha value is -3.68. The predicted octanol–water partition coefficient (Wildman–Crippen LogP) is 2.49. The summed E-state index contributed by atoms with van der Waals surface area (Å²) in [7, 11) is 1.61. The average Bonchev–Trinajstić information content (AvgIpc) is 3.14. The molecule has 3 heterocycles. The molecule has 2 amide bonds. The number of hydrogen-bond acceptors (Lipinski definition) is 4. The molecule has 0 aliphatic carbocycles. The zero-order valence-corrected chi connectivity index (χ0v) is 17.0. The minimum absolute atomic E-state index is 0.0363. The molecule has 2 aliphatic heterocycles. The number of nitrogens with zero attached hydrogens (tertiary/aromatic N) is 4. The van der Waals surface area contributed by atoms with Crippen molar-refractivity contribution in [3.63, 3.8) is 0 Å². The summed E-state index contributed by atoms with van der Waals surface area (Å²) in [5.41, 5.74) is 2.81. The van der Waals surface area contributed by atoms with Crippen LogP contribution in [0.2, 0.25) is 0 Å². The first kappa shape index (κ1) is 19.3. The van der Waals surface area contributed by atoms with Crippen LogP contribution in [0.4, 0.5) is 10.1 Å². The Bertz CT molecular complexity index is 1160. The Kier molecular flexibility index (Phi) is 4.69. The van der Waals surface area contributed by atoms with Crippen molar-refractivity contribution in [1.29, 1.82) is 0 Å². The highest BCUT2D eigenvalue weighted by atomic mass is 19.1. The second-order valence-electron chi connectivity index (χ2n) is 7.77. The summed E-state index contributed by atoms with van der Waals surface area (Å²) in [5.74, 6) is -0.720. The monoisotopic (exact) mass is 420 g/mol. The maximum absolute atomic E-state index is 13.6. The van der Waals surface area contributed by atoms with Crippen LogP contribution in [0.1, 0.15) is 21.6 Å². The van der Waals surface area contributed by atoms with E-state index < -0.39 is 11.9 Å². The van der Waals surface area contributed by atoms with Crippen molar-refractivity contribution in [2.45, 2.75) is 19.0 Å². The largest absolute Gasteiger partial charge is 0.489 e. The normalized spacial score (nSPS) is 18.3. The summed E-state index contributed by atoms with van der Waals surface area (Å²) in [5, 5.41) is 4.50. The maximum Gasteiger partial charge on any atom is 0.275 e. The molecule has 0 unspecified atom stereocenters. The fourth-order valence-corrected chi connectivity index (χ4v) is 4.14. The van der Waals surface area contributed by atoms with E-state index in [0.717, 1.165) is 11.1 Å². The molecular formula is C23H21FN4O3. The SMILES string of the molecule is CN1C(=O)[C@@H](N2CCc3cn(Cc4ccccc4)nc3C2=O)COc2cc(F)ccc21. The highest BCUT2D eigenvalue weighted by Gasteiger charge is 2.39. The number of aromatic nitrogens is 2. The lowest BCUT2D eigenvalue weighted by Gasteiger charge is -2.33. The van der Waals surface area contributed by atoms with E-state index in [1.165, 1.54) is 28.0 Å². The molecule has 1 aromatic heterocycles. The number of anilines is 1. The fourth-order valence-electron chi connectivity index (χ4n) is 4.14. The number of carbonyl (C=O) groups is 2. The topological polar surface area (TPSA) is 67.7 Å². The van der Waals surface area contributed by atoms with Gasteiger partial charge in [0.25, 0.3) is 11.8 Å². The van der Waals surface area contributed by atoms with E-state index in [0.29, 0.717) is 30.9 Å². The molecular weight excluding hydrogens is 399 g/mol. The van der Waals surface area contributed by atoms with E-state index >= 15 is 0 Å². The van der Waals surface area contributed by atoms with Gasteiger partial charge >= 0.3 is 0 Å². The Morgan fingerprint density at radius 2 is 1.97 bits per heavy atom. The van der Waals surface area contributed by atoms with Crippen molar-refractivity contribution in [1.82, 2.24) is 14.7 Å². The summed E-state index contributed by atoms with van der Waals surface area (Å²) in [6, 6.07) is 13.1. The summed E-state index contributed by atoms with van der Waals surface area (Å²) < 4.78 is 21.1. The fraction of sp³-hybridized carbons (Fsp3) is 0.261. The van der Waals surface area contributed by atoms with Gasteiger partial charge in [-0.1, -0.05) is 30.3 Å². The van der Waals surface area contributed by atoms with Crippen molar-refractivity contribution in [3.05, 3.63) is 77.4 Å². The molecule has 0 N–H and O–H groups in total. The third-order valence-electron chi connectivity index (χ3n) is 5.78. The first-order chi connectivity index (χ1) is 15.0. The molecule has 1 atom stereocenters. The van der Waals surface area contributed by atoms with Crippen LogP contribution in [-0.2, 0) is 17.8 Å². The number of carbonyl (C=O) groups excluding carboxylic acids is 2. The summed E-state index contributed by atoms with van der Waals surface area (Å²) in [6.45, 7) is 0.919. The van der Waals surface area contributed by atoms with Crippen molar-refractivity contribution < 1.29 is 18.7 Å². The Morgan fingerprint density at radius 3 is 2.77 bits per heavy atom. The maximum atomic E-state index is 13.6. The molecule has 5 rings (SSSR count). The van der Waals surface area contributed by atoms with Gasteiger partial charge in [0, 0.05) is 31.4 Å². The first-order valence-electron chi connectivity index (χ1n) is 10.1. The third kappa shape index (κ3) is 3.43. The zero-order valence-electron chi connectivity index (χ0n) is 17.0.